The molecule has 4 rings (SSSR count). The number of rotatable bonds is 7. The minimum Gasteiger partial charge on any atom is -1.00 e. The fourth-order valence-electron chi connectivity index (χ4n) is 4.04. The number of Topliss-reactive ketones (excluding diaryl/α,β-unsaturated/α-hetero) is 1. The van der Waals surface area contributed by atoms with Crippen LogP contribution in [0.4, 0.5) is 9.59 Å². The molecule has 2 aromatic carbocycles. The van der Waals surface area contributed by atoms with Gasteiger partial charge in [0, 0.05) is 52.2 Å². The molecule has 11 heteroatoms. The maximum atomic E-state index is 11.9. The molecule has 2 fully saturated rings. The zero-order chi connectivity index (χ0) is 31.9. The molecular weight excluding hydrogens is 653 g/mol. The van der Waals surface area contributed by atoms with Gasteiger partial charge in [0.25, 0.3) is 0 Å². The van der Waals surface area contributed by atoms with Crippen LogP contribution in [0.1, 0.15) is 50.7 Å². The number of aliphatic hydroxyl groups is 1. The number of halogens is 1. The predicted octanol–water partition coefficient (Wildman–Crippen LogP) is 2.60. The maximum absolute atomic E-state index is 11.9. The van der Waals surface area contributed by atoms with Crippen LogP contribution in [-0.4, -0.2) is 101 Å². The number of likely N-dealkylation sites (tertiary alicyclic amines) is 2. The Morgan fingerprint density at radius 2 is 1.20 bits per heavy atom. The van der Waals surface area contributed by atoms with Crippen molar-refractivity contribution in [2.75, 3.05) is 39.4 Å². The van der Waals surface area contributed by atoms with E-state index in [9.17, 15) is 19.5 Å². The summed E-state index contributed by atoms with van der Waals surface area (Å²) in [6.07, 6.45) is 2.81. The fraction of sp³-hybridized carbons (Fsp3) is 0.441. The third kappa shape index (κ3) is 18.8. The van der Waals surface area contributed by atoms with Gasteiger partial charge in [0.1, 0.15) is 19.0 Å². The molecule has 0 unspecified atom stereocenters. The van der Waals surface area contributed by atoms with E-state index in [1.807, 2.05) is 74.5 Å². The molecule has 0 atom stereocenters. The van der Waals surface area contributed by atoms with Gasteiger partial charge in [0.15, 0.2) is 0 Å². The van der Waals surface area contributed by atoms with Crippen molar-refractivity contribution in [2.45, 2.75) is 58.3 Å². The summed E-state index contributed by atoms with van der Waals surface area (Å²) in [6, 6.07) is 19.1. The van der Waals surface area contributed by atoms with Crippen LogP contribution in [0.25, 0.3) is 0 Å². The molecule has 244 valence electrons. The summed E-state index contributed by atoms with van der Waals surface area (Å²) in [7, 11) is 0. The van der Waals surface area contributed by atoms with Crippen LogP contribution in [-0.2, 0) is 32.2 Å². The molecule has 2 heterocycles. The van der Waals surface area contributed by atoms with Crippen molar-refractivity contribution in [3.8, 4) is 0 Å². The van der Waals surface area contributed by atoms with Crippen LogP contribution < -0.4 is 17.0 Å². The Hall–Kier alpha value is -2.70. The summed E-state index contributed by atoms with van der Waals surface area (Å²) in [5, 5.41) is 9.99. The van der Waals surface area contributed by atoms with Crippen LogP contribution in [0.2, 0.25) is 0 Å². The Kier molecular flexibility index (Phi) is 26.2. The summed E-state index contributed by atoms with van der Waals surface area (Å²) in [6.45, 7) is 18.8. The smallest absolute Gasteiger partial charge is 1.00 e. The molecule has 0 spiro atoms. The van der Waals surface area contributed by atoms with E-state index in [1.54, 1.807) is 15.9 Å². The molecule has 2 amide bonds. The van der Waals surface area contributed by atoms with Crippen molar-refractivity contribution < 1.29 is 50.7 Å². The standard InChI is InChI=1S/C15H19NO3.C13H15NO3.C4H10O.C2H3.BrH.Mg/c1-2-15(18)8-10-16(11-9-15)14(17)19-12-13-6-4-3-5-7-13;15-12-6-8-14(9-7-12)13(16)17-10-11-4-2-1-3-5-11;1-3-5-4-2;1-2;;/h2-7,18H,1,8-12H2;1-5H,6-10H2;3-4H2,1-2H3;1H,2H2;1H;/q;;;-1;;+2/p-1. The largest absolute Gasteiger partial charge is 2.00 e. The average molecular weight is 700 g/mol. The molecule has 2 aliphatic rings. The average Bonchev–Trinajstić information content (AvgIpc) is 3.06. The van der Waals surface area contributed by atoms with Gasteiger partial charge >= 0.3 is 35.2 Å². The van der Waals surface area contributed by atoms with Crippen molar-refractivity contribution in [3.05, 3.63) is 97.6 Å². The molecule has 0 aliphatic carbocycles. The van der Waals surface area contributed by atoms with Crippen molar-refractivity contribution in [2.24, 2.45) is 0 Å². The number of ketones is 1. The van der Waals surface area contributed by atoms with Gasteiger partial charge in [-0.1, -0.05) is 66.7 Å². The normalized spacial score (nSPS) is 14.5. The quantitative estimate of drug-likeness (QED) is 0.269. The zero-order valence-electron chi connectivity index (χ0n) is 26.7. The van der Waals surface area contributed by atoms with E-state index in [2.05, 4.69) is 19.7 Å². The first-order chi connectivity index (χ1) is 20.8. The van der Waals surface area contributed by atoms with Crippen LogP contribution >= 0.6 is 0 Å². The van der Waals surface area contributed by atoms with Gasteiger partial charge in [0.05, 0.1) is 5.60 Å². The molecule has 0 bridgehead atoms. The van der Waals surface area contributed by atoms with E-state index >= 15 is 0 Å². The van der Waals surface area contributed by atoms with E-state index < -0.39 is 5.60 Å². The Morgan fingerprint density at radius 3 is 1.53 bits per heavy atom. The second-order valence-electron chi connectivity index (χ2n) is 9.68. The maximum Gasteiger partial charge on any atom is 2.00 e. The Labute approximate surface area is 295 Å². The number of hydrogen-bond donors (Lipinski definition) is 1. The molecule has 45 heavy (non-hydrogen) atoms. The number of carbonyl (C=O) groups is 3. The summed E-state index contributed by atoms with van der Waals surface area (Å²) in [5.41, 5.74) is 1.10. The van der Waals surface area contributed by atoms with Gasteiger partial charge in [-0.2, -0.15) is 0 Å². The Balaban J connectivity index is 0. The topological polar surface area (TPSA) is 106 Å². The van der Waals surface area contributed by atoms with Crippen LogP contribution in [0.3, 0.4) is 0 Å². The predicted molar refractivity (Wildman–Crippen MR) is 173 cm³/mol. The van der Waals surface area contributed by atoms with E-state index in [1.165, 1.54) is 0 Å². The molecular formula is C34H47BrMgN2O7. The minimum absolute atomic E-state index is 0. The molecule has 2 aromatic rings. The number of nitrogens with zero attached hydrogens (tertiary/aromatic N) is 2. The summed E-state index contributed by atoms with van der Waals surface area (Å²) in [5.74, 6) is 0.220. The van der Waals surface area contributed by atoms with Gasteiger partial charge in [-0.05, 0) is 37.8 Å². The third-order valence-corrected chi connectivity index (χ3v) is 6.67. The second kappa shape index (κ2) is 26.5. The van der Waals surface area contributed by atoms with Crippen molar-refractivity contribution >= 4 is 41.0 Å². The molecule has 0 radical (unpaired) electrons. The van der Waals surface area contributed by atoms with E-state index in [0.29, 0.717) is 51.9 Å². The number of hydrogen-bond acceptors (Lipinski definition) is 7. The number of carbonyl (C=O) groups excluding carboxylic acids is 3. The van der Waals surface area contributed by atoms with Crippen LogP contribution in [0, 0.1) is 6.58 Å². The van der Waals surface area contributed by atoms with Crippen LogP contribution in [0.15, 0.2) is 79.9 Å². The Morgan fingerprint density at radius 1 is 0.822 bits per heavy atom. The van der Waals surface area contributed by atoms with Crippen LogP contribution in [0.5, 0.6) is 0 Å². The number of amides is 2. The van der Waals surface area contributed by atoms with Gasteiger partial charge < -0.3 is 52.7 Å². The Bertz CT molecular complexity index is 1070. The molecule has 0 aromatic heterocycles. The number of ether oxygens (including phenoxy) is 3. The van der Waals surface area contributed by atoms with E-state index in [-0.39, 0.29) is 71.2 Å². The SMILES string of the molecule is C=CC1(O)CCN(C(=O)OCc2ccccc2)CC1.CCOCC.O=C1CCN(C(=O)OCc2ccccc2)CC1.[Br-].[CH-]=C.[Mg+2]. The first-order valence-electron chi connectivity index (χ1n) is 14.6. The van der Waals surface area contributed by atoms with Gasteiger partial charge in [0.2, 0.25) is 0 Å². The minimum atomic E-state index is -0.837. The molecule has 2 aliphatic heterocycles. The first-order valence-corrected chi connectivity index (χ1v) is 14.6. The number of piperidine rings is 2. The zero-order valence-corrected chi connectivity index (χ0v) is 29.7. The van der Waals surface area contributed by atoms with Gasteiger partial charge in [-0.15, -0.1) is 6.58 Å². The summed E-state index contributed by atoms with van der Waals surface area (Å²) < 4.78 is 15.3. The fourth-order valence-corrected chi connectivity index (χ4v) is 4.04. The third-order valence-electron chi connectivity index (χ3n) is 6.67. The van der Waals surface area contributed by atoms with Gasteiger partial charge in [-0.25, -0.2) is 9.59 Å². The van der Waals surface area contributed by atoms with Gasteiger partial charge in [-0.3, -0.25) is 11.4 Å². The summed E-state index contributed by atoms with van der Waals surface area (Å²) >= 11 is 0. The second-order valence-corrected chi connectivity index (χ2v) is 9.68. The molecule has 0 saturated carbocycles. The van der Waals surface area contributed by atoms with E-state index in [4.69, 9.17) is 14.2 Å². The molecule has 9 nitrogen and oxygen atoms in total. The monoisotopic (exact) mass is 698 g/mol. The molecule has 1 N–H and O–H groups in total. The molecule has 2 saturated heterocycles. The summed E-state index contributed by atoms with van der Waals surface area (Å²) in [4.78, 5) is 37.8. The van der Waals surface area contributed by atoms with Crippen molar-refractivity contribution in [1.82, 2.24) is 9.80 Å². The first kappa shape index (κ1) is 44.4. The van der Waals surface area contributed by atoms with E-state index in [0.717, 1.165) is 24.3 Å². The number of benzene rings is 2. The van der Waals surface area contributed by atoms with Crippen molar-refractivity contribution in [1.29, 1.82) is 0 Å². The van der Waals surface area contributed by atoms with Crippen molar-refractivity contribution in [3.63, 3.8) is 0 Å².